The molecule has 0 bridgehead atoms. The molecule has 1 atom stereocenters. The van der Waals surface area contributed by atoms with Crippen LogP contribution in [-0.4, -0.2) is 37.9 Å². The maximum absolute atomic E-state index is 14.0. The first-order valence-electron chi connectivity index (χ1n) is 13.4. The van der Waals surface area contributed by atoms with E-state index in [4.69, 9.17) is 5.11 Å². The molecule has 0 aliphatic heterocycles. The van der Waals surface area contributed by atoms with Gasteiger partial charge in [0.15, 0.2) is 0 Å². The molecule has 0 saturated carbocycles. The summed E-state index contributed by atoms with van der Waals surface area (Å²) in [6.07, 6.45) is -0.463. The van der Waals surface area contributed by atoms with Crippen LogP contribution in [0.3, 0.4) is 0 Å². The molecule has 41 heavy (non-hydrogen) atoms. The Labute approximate surface area is 238 Å². The molecule has 7 nitrogen and oxygen atoms in total. The van der Waals surface area contributed by atoms with Crippen LogP contribution in [0.2, 0.25) is 0 Å². The lowest BCUT2D eigenvalue weighted by molar-refractivity contribution is -0.131. The van der Waals surface area contributed by atoms with Crippen LogP contribution in [-0.2, 0) is 11.3 Å². The number of hydrogen-bond acceptors (Lipinski definition) is 4. The number of hydrogen-bond donors (Lipinski definition) is 4. The first-order chi connectivity index (χ1) is 19.7. The number of carbonyl (C=O) groups is 2. The number of carboxylic acids is 1. The van der Waals surface area contributed by atoms with Gasteiger partial charge in [-0.1, -0.05) is 62.4 Å². The number of benzene rings is 3. The van der Waals surface area contributed by atoms with Gasteiger partial charge in [0.1, 0.15) is 11.6 Å². The SMILES string of the molecule is CC(C)c1c(C(=O)Nc2ccccc2)c(-c2ccccc2)c(-c2ccc(F)cc2)n1CC[C@H](O)CC(O)=CC(=O)O. The Morgan fingerprint density at radius 3 is 2.10 bits per heavy atom. The number of anilines is 1. The van der Waals surface area contributed by atoms with Crippen LogP contribution in [0.25, 0.3) is 22.4 Å². The van der Waals surface area contributed by atoms with E-state index in [2.05, 4.69) is 5.32 Å². The third-order valence-corrected chi connectivity index (χ3v) is 6.71. The van der Waals surface area contributed by atoms with Crippen LogP contribution >= 0.6 is 0 Å². The van der Waals surface area contributed by atoms with Crippen molar-refractivity contribution in [1.82, 2.24) is 4.57 Å². The predicted octanol–water partition coefficient (Wildman–Crippen LogP) is 7.00. The number of para-hydroxylation sites is 1. The van der Waals surface area contributed by atoms with Gasteiger partial charge in [0, 0.05) is 29.9 Å². The molecule has 1 aromatic heterocycles. The van der Waals surface area contributed by atoms with Gasteiger partial charge in [0.25, 0.3) is 5.91 Å². The molecule has 3 aromatic carbocycles. The summed E-state index contributed by atoms with van der Waals surface area (Å²) in [6, 6.07) is 24.7. The maximum atomic E-state index is 14.0. The van der Waals surface area contributed by atoms with Gasteiger partial charge in [-0.2, -0.15) is 0 Å². The minimum absolute atomic E-state index is 0.124. The number of nitrogens with zero attached hydrogens (tertiary/aromatic N) is 1. The third kappa shape index (κ3) is 7.10. The Hall–Kier alpha value is -4.69. The lowest BCUT2D eigenvalue weighted by atomic mass is 9.94. The van der Waals surface area contributed by atoms with Crippen molar-refractivity contribution in [3.05, 3.63) is 114 Å². The van der Waals surface area contributed by atoms with E-state index < -0.39 is 23.6 Å². The molecule has 0 saturated heterocycles. The lowest BCUT2D eigenvalue weighted by Crippen LogP contribution is -2.18. The smallest absolute Gasteiger partial charge is 0.331 e. The molecule has 0 radical (unpaired) electrons. The van der Waals surface area contributed by atoms with E-state index in [1.165, 1.54) is 12.1 Å². The number of aromatic nitrogens is 1. The summed E-state index contributed by atoms with van der Waals surface area (Å²) in [4.78, 5) is 24.9. The van der Waals surface area contributed by atoms with Gasteiger partial charge in [-0.05, 0) is 59.9 Å². The van der Waals surface area contributed by atoms with Gasteiger partial charge in [0.2, 0.25) is 0 Å². The van der Waals surface area contributed by atoms with E-state index in [0.717, 1.165) is 11.3 Å². The Morgan fingerprint density at radius 1 is 0.902 bits per heavy atom. The average molecular weight is 557 g/mol. The van der Waals surface area contributed by atoms with Crippen molar-refractivity contribution in [3.63, 3.8) is 0 Å². The van der Waals surface area contributed by atoms with E-state index in [0.29, 0.717) is 34.1 Å². The van der Waals surface area contributed by atoms with E-state index in [1.54, 1.807) is 24.3 Å². The van der Waals surface area contributed by atoms with Gasteiger partial charge in [0.05, 0.1) is 23.4 Å². The maximum Gasteiger partial charge on any atom is 0.331 e. The molecule has 4 aromatic rings. The number of halogens is 1. The van der Waals surface area contributed by atoms with Crippen molar-refractivity contribution in [3.8, 4) is 22.4 Å². The highest BCUT2D eigenvalue weighted by atomic mass is 19.1. The fraction of sp³-hybridized carbons (Fsp3) is 0.212. The zero-order chi connectivity index (χ0) is 29.5. The van der Waals surface area contributed by atoms with Gasteiger partial charge >= 0.3 is 5.97 Å². The Kier molecular flexibility index (Phi) is 9.37. The molecule has 1 heterocycles. The summed E-state index contributed by atoms with van der Waals surface area (Å²) in [7, 11) is 0. The number of aliphatic carboxylic acids is 1. The monoisotopic (exact) mass is 556 g/mol. The number of amides is 1. The van der Waals surface area contributed by atoms with Crippen molar-refractivity contribution < 1.29 is 29.3 Å². The van der Waals surface area contributed by atoms with Crippen molar-refractivity contribution in [2.45, 2.75) is 45.3 Å². The summed E-state index contributed by atoms with van der Waals surface area (Å²) < 4.78 is 16.0. The van der Waals surface area contributed by atoms with Crippen LogP contribution in [0.15, 0.2) is 96.8 Å². The fourth-order valence-electron chi connectivity index (χ4n) is 5.03. The van der Waals surface area contributed by atoms with Gasteiger partial charge < -0.3 is 25.2 Å². The van der Waals surface area contributed by atoms with Crippen molar-refractivity contribution >= 4 is 17.6 Å². The minimum atomic E-state index is -1.30. The van der Waals surface area contributed by atoms with Crippen molar-refractivity contribution in [2.24, 2.45) is 0 Å². The molecule has 1 amide bonds. The molecule has 0 aliphatic rings. The van der Waals surface area contributed by atoms with Gasteiger partial charge in [-0.15, -0.1) is 0 Å². The zero-order valence-electron chi connectivity index (χ0n) is 22.9. The molecule has 0 spiro atoms. The highest BCUT2D eigenvalue weighted by molar-refractivity contribution is 6.12. The molecule has 8 heteroatoms. The largest absolute Gasteiger partial charge is 0.512 e. The molecule has 212 valence electrons. The Morgan fingerprint density at radius 2 is 1.51 bits per heavy atom. The van der Waals surface area contributed by atoms with Crippen LogP contribution < -0.4 is 5.32 Å². The first-order valence-corrected chi connectivity index (χ1v) is 13.4. The second-order valence-corrected chi connectivity index (χ2v) is 10.1. The Balaban J connectivity index is 1.92. The van der Waals surface area contributed by atoms with E-state index >= 15 is 0 Å². The Bertz CT molecular complexity index is 1530. The third-order valence-electron chi connectivity index (χ3n) is 6.71. The summed E-state index contributed by atoms with van der Waals surface area (Å²) in [5.74, 6) is -2.56. The van der Waals surface area contributed by atoms with Gasteiger partial charge in [-0.3, -0.25) is 4.79 Å². The van der Waals surface area contributed by atoms with Crippen LogP contribution in [0.4, 0.5) is 10.1 Å². The summed E-state index contributed by atoms with van der Waals surface area (Å²) >= 11 is 0. The minimum Gasteiger partial charge on any atom is -0.512 e. The summed E-state index contributed by atoms with van der Waals surface area (Å²) in [5, 5.41) is 32.5. The summed E-state index contributed by atoms with van der Waals surface area (Å²) in [6.45, 7) is 4.21. The normalized spacial score (nSPS) is 12.4. The van der Waals surface area contributed by atoms with Crippen LogP contribution in [0.5, 0.6) is 0 Å². The van der Waals surface area contributed by atoms with Crippen molar-refractivity contribution in [2.75, 3.05) is 5.32 Å². The second-order valence-electron chi connectivity index (χ2n) is 10.1. The fourth-order valence-corrected chi connectivity index (χ4v) is 5.03. The number of nitrogens with one attached hydrogen (secondary N) is 1. The first kappa shape index (κ1) is 29.3. The molecular weight excluding hydrogens is 523 g/mol. The quantitative estimate of drug-likeness (QED) is 0.117. The number of carboxylic acid groups (broad SMARTS) is 1. The van der Waals surface area contributed by atoms with Crippen LogP contribution in [0.1, 0.15) is 48.7 Å². The highest BCUT2D eigenvalue weighted by Gasteiger charge is 2.30. The summed E-state index contributed by atoms with van der Waals surface area (Å²) in [5.41, 5.74) is 4.69. The van der Waals surface area contributed by atoms with Gasteiger partial charge in [-0.25, -0.2) is 9.18 Å². The van der Waals surface area contributed by atoms with E-state index in [-0.39, 0.29) is 31.2 Å². The molecule has 4 N–H and O–H groups in total. The van der Waals surface area contributed by atoms with E-state index in [1.807, 2.05) is 66.9 Å². The molecule has 0 unspecified atom stereocenters. The lowest BCUT2D eigenvalue weighted by Gasteiger charge is -2.19. The van der Waals surface area contributed by atoms with E-state index in [9.17, 15) is 24.2 Å². The number of rotatable bonds is 11. The molecule has 4 rings (SSSR count). The highest BCUT2D eigenvalue weighted by Crippen LogP contribution is 2.42. The second kappa shape index (κ2) is 13.1. The molecule has 0 aliphatic carbocycles. The van der Waals surface area contributed by atoms with Crippen molar-refractivity contribution in [1.29, 1.82) is 0 Å². The standard InChI is InChI=1S/C33H33FN2O5/c1-21(2)31-30(33(41)35-25-11-7-4-8-12-25)29(22-9-5-3-6-10-22)32(23-13-15-24(34)16-14-23)36(31)18-17-26(37)19-27(38)20-28(39)40/h3-16,20-21,26,37-38H,17-19H2,1-2H3,(H,35,41)(H,39,40)/t26-/m0/s1. The number of aliphatic hydroxyl groups excluding tert-OH is 2. The topological polar surface area (TPSA) is 112 Å². The molecule has 0 fully saturated rings. The average Bonchev–Trinajstić information content (AvgIpc) is 3.28. The molecular formula is C33H33FN2O5. The van der Waals surface area contributed by atoms with Crippen LogP contribution in [0, 0.1) is 5.82 Å². The number of aliphatic hydroxyl groups is 2. The zero-order valence-corrected chi connectivity index (χ0v) is 22.9. The number of carbonyl (C=O) groups excluding carboxylic acids is 1. The predicted molar refractivity (Wildman–Crippen MR) is 157 cm³/mol.